The van der Waals surface area contributed by atoms with E-state index in [2.05, 4.69) is 9.97 Å². The highest BCUT2D eigenvalue weighted by molar-refractivity contribution is 5.27. The van der Waals surface area contributed by atoms with Crippen molar-refractivity contribution in [2.45, 2.75) is 45.2 Å². The van der Waals surface area contributed by atoms with Gasteiger partial charge in [-0.25, -0.2) is 4.98 Å². The van der Waals surface area contributed by atoms with E-state index < -0.39 is 17.5 Å². The van der Waals surface area contributed by atoms with Crippen LogP contribution in [-0.4, -0.2) is 35.4 Å². The van der Waals surface area contributed by atoms with E-state index in [-0.39, 0.29) is 6.01 Å². The first-order valence-corrected chi connectivity index (χ1v) is 6.11. The molecule has 106 valence electrons. The highest BCUT2D eigenvalue weighted by Gasteiger charge is 2.50. The molecule has 6 heteroatoms. The second kappa shape index (κ2) is 4.61. The van der Waals surface area contributed by atoms with E-state index in [9.17, 15) is 0 Å². The number of nitrogens with zero attached hydrogens (tertiary/aromatic N) is 2. The molecule has 2 rings (SSSR count). The summed E-state index contributed by atoms with van der Waals surface area (Å²) in [7, 11) is 3.04. The highest BCUT2D eigenvalue weighted by Crippen LogP contribution is 2.46. The molecule has 1 saturated heterocycles. The number of aromatic nitrogens is 2. The van der Waals surface area contributed by atoms with Gasteiger partial charge in [0.15, 0.2) is 6.29 Å². The molecule has 0 atom stereocenters. The van der Waals surface area contributed by atoms with Gasteiger partial charge in [0.25, 0.3) is 0 Å². The lowest BCUT2D eigenvalue weighted by molar-refractivity contribution is -0.0911. The van der Waals surface area contributed by atoms with Crippen molar-refractivity contribution in [1.82, 2.24) is 9.97 Å². The topological polar surface area (TPSA) is 62.7 Å². The molecule has 6 nitrogen and oxygen atoms in total. The number of rotatable bonds is 3. The lowest BCUT2D eigenvalue weighted by Gasteiger charge is -2.30. The van der Waals surface area contributed by atoms with Crippen molar-refractivity contribution in [2.75, 3.05) is 14.2 Å². The molecule has 0 N–H and O–H groups in total. The summed E-state index contributed by atoms with van der Waals surface area (Å²) in [6, 6.07) is 0.247. The van der Waals surface area contributed by atoms with Crippen LogP contribution >= 0.6 is 0 Å². The summed E-state index contributed by atoms with van der Waals surface area (Å²) in [5.41, 5.74) is -0.174. The van der Waals surface area contributed by atoms with Crippen LogP contribution in [0.25, 0.3) is 0 Å². The Hall–Kier alpha value is -1.40. The third-order valence-corrected chi connectivity index (χ3v) is 3.64. The lowest BCUT2D eigenvalue weighted by Crippen LogP contribution is -2.41. The van der Waals surface area contributed by atoms with Crippen LogP contribution in [0.15, 0.2) is 6.20 Å². The maximum Gasteiger partial charge on any atom is 0.319 e. The molecule has 2 heterocycles. The summed E-state index contributed by atoms with van der Waals surface area (Å²) in [5.74, 6) is 0.394. The third-order valence-electron chi connectivity index (χ3n) is 3.64. The van der Waals surface area contributed by atoms with E-state index in [1.54, 1.807) is 6.20 Å². The Kier molecular flexibility index (Phi) is 3.40. The maximum atomic E-state index is 5.94. The second-order valence-corrected chi connectivity index (χ2v) is 5.41. The normalized spacial score (nSPS) is 21.4. The van der Waals surface area contributed by atoms with E-state index in [1.165, 1.54) is 14.2 Å². The molecule has 19 heavy (non-hydrogen) atoms. The van der Waals surface area contributed by atoms with Crippen molar-refractivity contribution >= 4 is 0 Å². The lowest BCUT2D eigenvalue weighted by atomic mass is 9.90. The van der Waals surface area contributed by atoms with Crippen molar-refractivity contribution in [1.29, 1.82) is 0 Å². The van der Waals surface area contributed by atoms with Crippen molar-refractivity contribution in [3.05, 3.63) is 11.8 Å². The number of ether oxygens (including phenoxy) is 4. The smallest absolute Gasteiger partial charge is 0.319 e. The first-order valence-electron chi connectivity index (χ1n) is 6.11. The summed E-state index contributed by atoms with van der Waals surface area (Å²) in [6.45, 7) is 7.96. The quantitative estimate of drug-likeness (QED) is 0.836. The van der Waals surface area contributed by atoms with Gasteiger partial charge in [-0.2, -0.15) is 4.98 Å². The maximum absolute atomic E-state index is 5.94. The van der Waals surface area contributed by atoms with Gasteiger partial charge < -0.3 is 18.9 Å². The van der Waals surface area contributed by atoms with Crippen LogP contribution in [0.1, 0.15) is 39.5 Å². The fraction of sp³-hybridized carbons (Fsp3) is 0.692. The number of hydrogen-bond donors (Lipinski definition) is 0. The molecule has 0 saturated carbocycles. The molecule has 1 aromatic heterocycles. The van der Waals surface area contributed by atoms with Crippen molar-refractivity contribution in [3.63, 3.8) is 0 Å². The van der Waals surface area contributed by atoms with E-state index in [0.717, 1.165) is 0 Å². The van der Waals surface area contributed by atoms with Crippen molar-refractivity contribution in [3.8, 4) is 11.9 Å². The van der Waals surface area contributed by atoms with E-state index in [4.69, 9.17) is 18.9 Å². The van der Waals surface area contributed by atoms with Crippen LogP contribution in [0.3, 0.4) is 0 Å². The summed E-state index contributed by atoms with van der Waals surface area (Å²) >= 11 is 0. The molecular weight excluding hydrogens is 248 g/mol. The van der Waals surface area contributed by atoms with Crippen LogP contribution < -0.4 is 9.47 Å². The molecule has 0 spiro atoms. The van der Waals surface area contributed by atoms with Gasteiger partial charge in [0.1, 0.15) is 0 Å². The predicted molar refractivity (Wildman–Crippen MR) is 68.2 cm³/mol. The fourth-order valence-electron chi connectivity index (χ4n) is 1.75. The van der Waals surface area contributed by atoms with Gasteiger partial charge in [-0.3, -0.25) is 0 Å². The van der Waals surface area contributed by atoms with Gasteiger partial charge in [0.05, 0.1) is 31.0 Å². The molecule has 0 aromatic carbocycles. The van der Waals surface area contributed by atoms with Crippen LogP contribution in [0, 0.1) is 0 Å². The Morgan fingerprint density at radius 3 is 2.11 bits per heavy atom. The van der Waals surface area contributed by atoms with E-state index >= 15 is 0 Å². The van der Waals surface area contributed by atoms with Gasteiger partial charge in [-0.15, -0.1) is 0 Å². The standard InChI is InChI=1S/C13H20N2O4/c1-12(2)13(3,4)19-10(18-12)8-7-14-11(17-6)15-9(8)16-5/h7,10H,1-6H3. The Morgan fingerprint density at radius 2 is 1.63 bits per heavy atom. The SMILES string of the molecule is COc1ncc(C2OC(C)(C)C(C)(C)O2)c(OC)n1. The summed E-state index contributed by atoms with van der Waals surface area (Å²) < 4.78 is 22.1. The molecule has 0 aliphatic carbocycles. The average molecular weight is 268 g/mol. The molecule has 1 fully saturated rings. The Bertz CT molecular complexity index is 458. The minimum Gasteiger partial charge on any atom is -0.481 e. The second-order valence-electron chi connectivity index (χ2n) is 5.41. The van der Waals surface area contributed by atoms with Crippen LogP contribution in [0.4, 0.5) is 0 Å². The zero-order valence-electron chi connectivity index (χ0n) is 12.2. The Morgan fingerprint density at radius 1 is 1.05 bits per heavy atom. The molecule has 0 radical (unpaired) electrons. The zero-order valence-corrected chi connectivity index (χ0v) is 12.2. The molecule has 1 aliphatic heterocycles. The first kappa shape index (κ1) is 14.0. The molecule has 1 aliphatic rings. The Labute approximate surface area is 113 Å². The largest absolute Gasteiger partial charge is 0.481 e. The van der Waals surface area contributed by atoms with Crippen molar-refractivity contribution in [2.24, 2.45) is 0 Å². The number of hydrogen-bond acceptors (Lipinski definition) is 6. The summed E-state index contributed by atoms with van der Waals surface area (Å²) in [4.78, 5) is 8.21. The van der Waals surface area contributed by atoms with Crippen LogP contribution in [-0.2, 0) is 9.47 Å². The number of methoxy groups -OCH3 is 2. The van der Waals surface area contributed by atoms with Gasteiger partial charge >= 0.3 is 6.01 Å². The molecular formula is C13H20N2O4. The molecule has 0 amide bonds. The minimum atomic E-state index is -0.550. The third kappa shape index (κ3) is 2.37. The van der Waals surface area contributed by atoms with Crippen LogP contribution in [0.5, 0.6) is 11.9 Å². The monoisotopic (exact) mass is 268 g/mol. The minimum absolute atomic E-state index is 0.247. The Balaban J connectivity index is 2.34. The molecule has 1 aromatic rings. The average Bonchev–Trinajstić information content (AvgIpc) is 2.57. The van der Waals surface area contributed by atoms with Crippen molar-refractivity contribution < 1.29 is 18.9 Å². The molecule has 0 unspecified atom stereocenters. The van der Waals surface area contributed by atoms with Crippen LogP contribution in [0.2, 0.25) is 0 Å². The summed E-state index contributed by atoms with van der Waals surface area (Å²) in [5, 5.41) is 0. The molecule has 0 bridgehead atoms. The fourth-order valence-corrected chi connectivity index (χ4v) is 1.75. The predicted octanol–water partition coefficient (Wildman–Crippen LogP) is 2.10. The first-order chi connectivity index (χ1) is 8.80. The zero-order chi connectivity index (χ0) is 14.3. The summed E-state index contributed by atoms with van der Waals surface area (Å²) in [6.07, 6.45) is 1.05. The highest BCUT2D eigenvalue weighted by atomic mass is 16.7. The van der Waals surface area contributed by atoms with Gasteiger partial charge in [0, 0.05) is 6.20 Å². The van der Waals surface area contributed by atoms with E-state index in [0.29, 0.717) is 11.4 Å². The van der Waals surface area contributed by atoms with Gasteiger partial charge in [-0.05, 0) is 27.7 Å². The van der Waals surface area contributed by atoms with Gasteiger partial charge in [-0.1, -0.05) is 0 Å². The van der Waals surface area contributed by atoms with E-state index in [1.807, 2.05) is 27.7 Å². The van der Waals surface area contributed by atoms with Gasteiger partial charge in [0.2, 0.25) is 5.88 Å².